The lowest BCUT2D eigenvalue weighted by Gasteiger charge is -2.34. The number of nitriles is 1. The van der Waals surface area contributed by atoms with Crippen LogP contribution in [-0.4, -0.2) is 23.8 Å². The molecule has 2 aromatic carbocycles. The minimum atomic E-state index is -0.678. The second kappa shape index (κ2) is 6.39. The topological polar surface area (TPSA) is 90.4 Å². The Bertz CT molecular complexity index is 1110. The Labute approximate surface area is 162 Å². The highest BCUT2D eigenvalue weighted by molar-refractivity contribution is 6.22. The first-order valence-corrected chi connectivity index (χ1v) is 8.84. The van der Waals surface area contributed by atoms with E-state index in [1.54, 1.807) is 12.1 Å². The molecule has 6 nitrogen and oxygen atoms in total. The van der Waals surface area contributed by atoms with Gasteiger partial charge in [0, 0.05) is 12.7 Å². The van der Waals surface area contributed by atoms with Crippen molar-refractivity contribution >= 4 is 17.5 Å². The van der Waals surface area contributed by atoms with Crippen LogP contribution in [0.15, 0.2) is 77.3 Å². The SMILES string of the molecule is Cc1ccccc1C1C(C#N)=C(N)N(c2ccccc2)C2=C1C(=O)N(C)C2=O. The van der Waals surface area contributed by atoms with E-state index < -0.39 is 17.7 Å². The predicted octanol–water partition coefficient (Wildman–Crippen LogP) is 2.55. The number of benzene rings is 2. The summed E-state index contributed by atoms with van der Waals surface area (Å²) in [6, 6.07) is 18.8. The molecule has 0 radical (unpaired) electrons. The Morgan fingerprint density at radius 1 is 1.00 bits per heavy atom. The molecule has 0 fully saturated rings. The van der Waals surface area contributed by atoms with Gasteiger partial charge in [-0.3, -0.25) is 19.4 Å². The molecule has 2 amide bonds. The summed E-state index contributed by atoms with van der Waals surface area (Å²) in [7, 11) is 1.45. The number of hydrogen-bond donors (Lipinski definition) is 1. The van der Waals surface area contributed by atoms with Crippen molar-refractivity contribution in [3.8, 4) is 6.07 Å². The standard InChI is InChI=1S/C22H18N4O2/c1-13-8-6-7-11-15(13)17-16(12-23)20(24)26(14-9-4-3-5-10-14)19-18(17)21(27)25(2)22(19)28/h3-11,17H,24H2,1-2H3. The average molecular weight is 370 g/mol. The molecular formula is C22H18N4O2. The number of carbonyl (C=O) groups excluding carboxylic acids is 2. The van der Waals surface area contributed by atoms with Gasteiger partial charge in [-0.05, 0) is 30.2 Å². The van der Waals surface area contributed by atoms with E-state index in [-0.39, 0.29) is 22.7 Å². The van der Waals surface area contributed by atoms with Crippen LogP contribution < -0.4 is 10.6 Å². The molecule has 0 saturated heterocycles. The molecule has 4 rings (SSSR count). The summed E-state index contributed by atoms with van der Waals surface area (Å²) in [5.41, 5.74) is 9.51. The fourth-order valence-electron chi connectivity index (χ4n) is 3.85. The minimum absolute atomic E-state index is 0.164. The third kappa shape index (κ3) is 2.33. The Morgan fingerprint density at radius 2 is 1.64 bits per heavy atom. The molecule has 1 unspecified atom stereocenters. The fraction of sp³-hybridized carbons (Fsp3) is 0.136. The molecular weight excluding hydrogens is 352 g/mol. The third-order valence-electron chi connectivity index (χ3n) is 5.25. The Balaban J connectivity index is 2.05. The van der Waals surface area contributed by atoms with Gasteiger partial charge in [-0.2, -0.15) is 5.26 Å². The van der Waals surface area contributed by atoms with Gasteiger partial charge in [0.25, 0.3) is 11.8 Å². The lowest BCUT2D eigenvalue weighted by Crippen LogP contribution is -2.37. The number of anilines is 1. The van der Waals surface area contributed by atoms with Crippen molar-refractivity contribution in [2.45, 2.75) is 12.8 Å². The fourth-order valence-corrected chi connectivity index (χ4v) is 3.85. The van der Waals surface area contributed by atoms with Crippen LogP contribution in [0.5, 0.6) is 0 Å². The van der Waals surface area contributed by atoms with Gasteiger partial charge < -0.3 is 5.73 Å². The van der Waals surface area contributed by atoms with Crippen molar-refractivity contribution in [1.82, 2.24) is 4.90 Å². The van der Waals surface area contributed by atoms with E-state index in [2.05, 4.69) is 6.07 Å². The van der Waals surface area contributed by atoms with Gasteiger partial charge in [0.15, 0.2) is 0 Å². The molecule has 0 aliphatic carbocycles. The number of amides is 2. The van der Waals surface area contributed by atoms with Crippen LogP contribution in [0.25, 0.3) is 0 Å². The summed E-state index contributed by atoms with van der Waals surface area (Å²) in [5.74, 6) is -1.35. The zero-order valence-electron chi connectivity index (χ0n) is 15.5. The number of aryl methyl sites for hydroxylation is 1. The number of hydrogen-bond acceptors (Lipinski definition) is 5. The Kier molecular flexibility index (Phi) is 4.01. The molecule has 138 valence electrons. The first-order chi connectivity index (χ1) is 13.5. The number of nitrogens with two attached hydrogens (primary N) is 1. The number of rotatable bonds is 2. The highest BCUT2D eigenvalue weighted by atomic mass is 16.2. The van der Waals surface area contributed by atoms with E-state index in [1.807, 2.05) is 49.4 Å². The lowest BCUT2D eigenvalue weighted by atomic mass is 9.80. The molecule has 2 heterocycles. The summed E-state index contributed by atoms with van der Waals surface area (Å²) in [5, 5.41) is 9.94. The number of para-hydroxylation sites is 1. The molecule has 0 aromatic heterocycles. The lowest BCUT2D eigenvalue weighted by molar-refractivity contribution is -0.136. The van der Waals surface area contributed by atoms with E-state index >= 15 is 0 Å². The molecule has 2 aliphatic heterocycles. The van der Waals surface area contributed by atoms with Crippen molar-refractivity contribution in [2.24, 2.45) is 5.73 Å². The normalized spacial score (nSPS) is 19.2. The van der Waals surface area contributed by atoms with Crippen molar-refractivity contribution in [2.75, 3.05) is 11.9 Å². The Morgan fingerprint density at radius 3 is 2.29 bits per heavy atom. The van der Waals surface area contributed by atoms with E-state index in [1.165, 1.54) is 11.9 Å². The second-order valence-corrected chi connectivity index (χ2v) is 6.80. The summed E-state index contributed by atoms with van der Waals surface area (Å²) in [6.45, 7) is 1.91. The van der Waals surface area contributed by atoms with E-state index in [0.717, 1.165) is 16.0 Å². The predicted molar refractivity (Wildman–Crippen MR) is 104 cm³/mol. The van der Waals surface area contributed by atoms with Crippen LogP contribution in [-0.2, 0) is 9.59 Å². The van der Waals surface area contributed by atoms with Crippen LogP contribution in [0.3, 0.4) is 0 Å². The quantitative estimate of drug-likeness (QED) is 0.821. The van der Waals surface area contributed by atoms with Crippen LogP contribution >= 0.6 is 0 Å². The van der Waals surface area contributed by atoms with Gasteiger partial charge in [0.1, 0.15) is 11.5 Å². The highest BCUT2D eigenvalue weighted by Gasteiger charge is 2.48. The first-order valence-electron chi connectivity index (χ1n) is 8.84. The largest absolute Gasteiger partial charge is 0.384 e. The van der Waals surface area contributed by atoms with Crippen LogP contribution in [0.2, 0.25) is 0 Å². The minimum Gasteiger partial charge on any atom is -0.384 e. The second-order valence-electron chi connectivity index (χ2n) is 6.80. The summed E-state index contributed by atoms with van der Waals surface area (Å²) < 4.78 is 0. The third-order valence-corrected chi connectivity index (χ3v) is 5.25. The van der Waals surface area contributed by atoms with E-state index in [4.69, 9.17) is 5.73 Å². The Hall–Kier alpha value is -3.85. The molecule has 0 saturated carbocycles. The van der Waals surface area contributed by atoms with Gasteiger partial charge in [-0.15, -0.1) is 0 Å². The number of allylic oxidation sites excluding steroid dienone is 1. The van der Waals surface area contributed by atoms with E-state index in [9.17, 15) is 14.9 Å². The first kappa shape index (κ1) is 17.6. The zero-order chi connectivity index (χ0) is 20.0. The van der Waals surface area contributed by atoms with Crippen molar-refractivity contribution < 1.29 is 9.59 Å². The monoisotopic (exact) mass is 370 g/mol. The molecule has 2 aliphatic rings. The van der Waals surface area contributed by atoms with Gasteiger partial charge in [-0.1, -0.05) is 42.5 Å². The number of nitrogens with zero attached hydrogens (tertiary/aromatic N) is 3. The maximum atomic E-state index is 13.0. The zero-order valence-corrected chi connectivity index (χ0v) is 15.5. The summed E-state index contributed by atoms with van der Waals surface area (Å²) in [4.78, 5) is 28.6. The van der Waals surface area contributed by atoms with Gasteiger partial charge in [0.05, 0.1) is 23.1 Å². The van der Waals surface area contributed by atoms with Gasteiger partial charge >= 0.3 is 0 Å². The molecule has 1 atom stereocenters. The van der Waals surface area contributed by atoms with Gasteiger partial charge in [0.2, 0.25) is 0 Å². The average Bonchev–Trinajstić information content (AvgIpc) is 2.92. The van der Waals surface area contributed by atoms with Crippen LogP contribution in [0.1, 0.15) is 17.0 Å². The van der Waals surface area contributed by atoms with Crippen LogP contribution in [0.4, 0.5) is 5.69 Å². The van der Waals surface area contributed by atoms with Crippen molar-refractivity contribution in [3.63, 3.8) is 0 Å². The molecule has 6 heteroatoms. The molecule has 0 bridgehead atoms. The maximum absolute atomic E-state index is 13.0. The molecule has 0 spiro atoms. The molecule has 28 heavy (non-hydrogen) atoms. The summed E-state index contributed by atoms with van der Waals surface area (Å²) >= 11 is 0. The number of imide groups is 1. The number of carbonyl (C=O) groups is 2. The summed E-state index contributed by atoms with van der Waals surface area (Å²) in [6.07, 6.45) is 0. The van der Waals surface area contributed by atoms with Crippen LogP contribution in [0, 0.1) is 18.3 Å². The smallest absolute Gasteiger partial charge is 0.278 e. The maximum Gasteiger partial charge on any atom is 0.278 e. The highest BCUT2D eigenvalue weighted by Crippen LogP contribution is 2.46. The molecule has 2 N–H and O–H groups in total. The van der Waals surface area contributed by atoms with Crippen molar-refractivity contribution in [1.29, 1.82) is 5.26 Å². The van der Waals surface area contributed by atoms with Crippen molar-refractivity contribution in [3.05, 3.63) is 88.4 Å². The van der Waals surface area contributed by atoms with E-state index in [0.29, 0.717) is 5.69 Å². The molecule has 2 aromatic rings. The number of likely N-dealkylation sites (N-methyl/N-ethyl adjacent to an activating group) is 1. The van der Waals surface area contributed by atoms with Gasteiger partial charge in [-0.25, -0.2) is 0 Å².